The minimum atomic E-state index is -0.644. The van der Waals surface area contributed by atoms with Gasteiger partial charge in [0.15, 0.2) is 0 Å². The number of nitrogens with zero attached hydrogens (tertiary/aromatic N) is 2. The Bertz CT molecular complexity index is 441. The summed E-state index contributed by atoms with van der Waals surface area (Å²) in [7, 11) is 0. The summed E-state index contributed by atoms with van der Waals surface area (Å²) in [6.07, 6.45) is 1.47. The normalized spacial score (nSPS) is 15.6. The lowest BCUT2D eigenvalue weighted by Crippen LogP contribution is -2.41. The van der Waals surface area contributed by atoms with Crippen LogP contribution in [0.5, 0.6) is 0 Å². The first-order chi connectivity index (χ1) is 8.20. The van der Waals surface area contributed by atoms with E-state index in [1.807, 2.05) is 0 Å². The van der Waals surface area contributed by atoms with E-state index < -0.39 is 5.91 Å². The van der Waals surface area contributed by atoms with Gasteiger partial charge in [0.25, 0.3) is 11.8 Å². The molecule has 0 radical (unpaired) electrons. The minimum Gasteiger partial charge on any atom is -0.378 e. The zero-order chi connectivity index (χ0) is 12.3. The number of hydrogen-bond acceptors (Lipinski definition) is 4. The van der Waals surface area contributed by atoms with Gasteiger partial charge in [-0.1, -0.05) is 0 Å². The summed E-state index contributed by atoms with van der Waals surface area (Å²) < 4.78 is 5.16. The second kappa shape index (κ2) is 4.92. The largest absolute Gasteiger partial charge is 0.378 e. The molecule has 0 saturated carbocycles. The zero-order valence-electron chi connectivity index (χ0n) is 9.26. The number of ether oxygens (including phenoxy) is 1. The van der Waals surface area contributed by atoms with Crippen molar-refractivity contribution in [1.82, 2.24) is 9.88 Å². The SMILES string of the molecule is NC(=O)c1cccnc1C(=O)N1CCOCC1. The molecule has 0 bridgehead atoms. The molecule has 6 heteroatoms. The van der Waals surface area contributed by atoms with Crippen LogP contribution < -0.4 is 5.73 Å². The van der Waals surface area contributed by atoms with Gasteiger partial charge in [-0.3, -0.25) is 14.6 Å². The maximum atomic E-state index is 12.1. The monoisotopic (exact) mass is 235 g/mol. The summed E-state index contributed by atoms with van der Waals surface area (Å²) in [5.74, 6) is -0.919. The number of rotatable bonds is 2. The van der Waals surface area contributed by atoms with Gasteiger partial charge in [-0.25, -0.2) is 0 Å². The highest BCUT2D eigenvalue weighted by molar-refractivity contribution is 6.05. The molecular formula is C11H13N3O3. The second-order valence-corrected chi connectivity index (χ2v) is 3.67. The van der Waals surface area contributed by atoms with E-state index in [4.69, 9.17) is 10.5 Å². The molecule has 0 atom stereocenters. The molecule has 1 aliphatic heterocycles. The Kier molecular flexibility index (Phi) is 3.34. The van der Waals surface area contributed by atoms with Crippen LogP contribution in [0.2, 0.25) is 0 Å². The number of primary amides is 1. The molecule has 17 heavy (non-hydrogen) atoms. The fraction of sp³-hybridized carbons (Fsp3) is 0.364. The Morgan fingerprint density at radius 2 is 2.06 bits per heavy atom. The van der Waals surface area contributed by atoms with E-state index in [1.54, 1.807) is 11.0 Å². The van der Waals surface area contributed by atoms with Crippen LogP contribution in [0, 0.1) is 0 Å². The molecule has 2 amide bonds. The zero-order valence-corrected chi connectivity index (χ0v) is 9.26. The van der Waals surface area contributed by atoms with Crippen molar-refractivity contribution in [2.45, 2.75) is 0 Å². The lowest BCUT2D eigenvalue weighted by atomic mass is 10.1. The van der Waals surface area contributed by atoms with Crippen LogP contribution in [0.25, 0.3) is 0 Å². The highest BCUT2D eigenvalue weighted by Crippen LogP contribution is 2.09. The van der Waals surface area contributed by atoms with E-state index in [2.05, 4.69) is 4.98 Å². The van der Waals surface area contributed by atoms with E-state index in [9.17, 15) is 9.59 Å². The predicted octanol–water partition coefficient (Wildman–Crippen LogP) is -0.347. The molecule has 1 saturated heterocycles. The van der Waals surface area contributed by atoms with Crippen LogP contribution >= 0.6 is 0 Å². The van der Waals surface area contributed by atoms with Crippen LogP contribution in [0.15, 0.2) is 18.3 Å². The van der Waals surface area contributed by atoms with Crippen molar-refractivity contribution in [1.29, 1.82) is 0 Å². The molecule has 90 valence electrons. The smallest absolute Gasteiger partial charge is 0.273 e. The fourth-order valence-corrected chi connectivity index (χ4v) is 1.69. The third kappa shape index (κ3) is 2.42. The summed E-state index contributed by atoms with van der Waals surface area (Å²) >= 11 is 0. The quantitative estimate of drug-likeness (QED) is 0.759. The van der Waals surface area contributed by atoms with E-state index in [1.165, 1.54) is 12.3 Å². The highest BCUT2D eigenvalue weighted by Gasteiger charge is 2.23. The fourth-order valence-electron chi connectivity index (χ4n) is 1.69. The molecule has 6 nitrogen and oxygen atoms in total. The standard InChI is InChI=1S/C11H13N3O3/c12-10(15)8-2-1-3-13-9(8)11(16)14-4-6-17-7-5-14/h1-3H,4-7H2,(H2,12,15). The van der Waals surface area contributed by atoms with E-state index >= 15 is 0 Å². The van der Waals surface area contributed by atoms with Gasteiger partial charge in [-0.05, 0) is 12.1 Å². The van der Waals surface area contributed by atoms with Crippen LogP contribution in [-0.4, -0.2) is 48.0 Å². The Balaban J connectivity index is 2.26. The second-order valence-electron chi connectivity index (χ2n) is 3.67. The van der Waals surface area contributed by atoms with Crippen LogP contribution in [0.3, 0.4) is 0 Å². The number of carbonyl (C=O) groups excluding carboxylic acids is 2. The lowest BCUT2D eigenvalue weighted by molar-refractivity contribution is 0.0298. The number of pyridine rings is 1. The molecule has 2 heterocycles. The van der Waals surface area contributed by atoms with Gasteiger partial charge < -0.3 is 15.4 Å². The van der Waals surface area contributed by atoms with E-state index in [0.717, 1.165) is 0 Å². The van der Waals surface area contributed by atoms with Crippen molar-refractivity contribution in [2.75, 3.05) is 26.3 Å². The van der Waals surface area contributed by atoms with Gasteiger partial charge in [0.05, 0.1) is 18.8 Å². The van der Waals surface area contributed by atoms with Crippen LogP contribution in [0.4, 0.5) is 0 Å². The third-order valence-corrected chi connectivity index (χ3v) is 2.57. The molecule has 1 aromatic heterocycles. The van der Waals surface area contributed by atoms with Crippen molar-refractivity contribution in [3.63, 3.8) is 0 Å². The Labute approximate surface area is 98.4 Å². The topological polar surface area (TPSA) is 85.5 Å². The molecule has 0 aromatic carbocycles. The van der Waals surface area contributed by atoms with Gasteiger partial charge in [0.2, 0.25) is 0 Å². The van der Waals surface area contributed by atoms with Crippen molar-refractivity contribution >= 4 is 11.8 Å². The Morgan fingerprint density at radius 1 is 1.35 bits per heavy atom. The van der Waals surface area contributed by atoms with Gasteiger partial charge in [-0.15, -0.1) is 0 Å². The highest BCUT2D eigenvalue weighted by atomic mass is 16.5. The number of amides is 2. The molecule has 2 N–H and O–H groups in total. The number of aromatic nitrogens is 1. The average molecular weight is 235 g/mol. The first-order valence-corrected chi connectivity index (χ1v) is 5.32. The van der Waals surface area contributed by atoms with E-state index in [-0.39, 0.29) is 17.2 Å². The summed E-state index contributed by atoms with van der Waals surface area (Å²) in [6.45, 7) is 2.02. The minimum absolute atomic E-state index is 0.113. The van der Waals surface area contributed by atoms with Gasteiger partial charge >= 0.3 is 0 Å². The van der Waals surface area contributed by atoms with Crippen molar-refractivity contribution in [3.05, 3.63) is 29.6 Å². The average Bonchev–Trinajstić information content (AvgIpc) is 2.39. The van der Waals surface area contributed by atoms with Crippen molar-refractivity contribution in [3.8, 4) is 0 Å². The van der Waals surface area contributed by atoms with Gasteiger partial charge in [0, 0.05) is 19.3 Å². The molecule has 1 aromatic rings. The number of morpholine rings is 1. The molecular weight excluding hydrogens is 222 g/mol. The maximum Gasteiger partial charge on any atom is 0.273 e. The molecule has 0 spiro atoms. The summed E-state index contributed by atoms with van der Waals surface area (Å²) in [5.41, 5.74) is 5.48. The van der Waals surface area contributed by atoms with E-state index in [0.29, 0.717) is 26.3 Å². The summed E-state index contributed by atoms with van der Waals surface area (Å²) in [4.78, 5) is 28.9. The third-order valence-electron chi connectivity index (χ3n) is 2.57. The first-order valence-electron chi connectivity index (χ1n) is 5.32. The maximum absolute atomic E-state index is 12.1. The van der Waals surface area contributed by atoms with Gasteiger partial charge in [0.1, 0.15) is 5.69 Å². The van der Waals surface area contributed by atoms with Crippen molar-refractivity contribution < 1.29 is 14.3 Å². The number of hydrogen-bond donors (Lipinski definition) is 1. The lowest BCUT2D eigenvalue weighted by Gasteiger charge is -2.26. The van der Waals surface area contributed by atoms with Crippen LogP contribution in [-0.2, 0) is 4.74 Å². The molecule has 0 unspecified atom stereocenters. The molecule has 0 aliphatic carbocycles. The molecule has 1 aliphatic rings. The molecule has 1 fully saturated rings. The first kappa shape index (κ1) is 11.5. The number of carbonyl (C=O) groups is 2. The predicted molar refractivity (Wildman–Crippen MR) is 59.5 cm³/mol. The summed E-state index contributed by atoms with van der Waals surface area (Å²) in [6, 6.07) is 3.08. The van der Waals surface area contributed by atoms with Gasteiger partial charge in [-0.2, -0.15) is 0 Å². The Morgan fingerprint density at radius 3 is 2.71 bits per heavy atom. The van der Waals surface area contributed by atoms with Crippen LogP contribution in [0.1, 0.15) is 20.8 Å². The summed E-state index contributed by atoms with van der Waals surface area (Å²) in [5, 5.41) is 0. The number of nitrogens with two attached hydrogens (primary N) is 1. The van der Waals surface area contributed by atoms with Crippen molar-refractivity contribution in [2.24, 2.45) is 5.73 Å². The molecule has 2 rings (SSSR count). The Hall–Kier alpha value is -1.95.